The second-order valence-corrected chi connectivity index (χ2v) is 23.3. The number of fused-ring (bicyclic) bond motifs is 3. The Morgan fingerprint density at radius 3 is 2.26 bits per heavy atom. The first-order valence-corrected chi connectivity index (χ1v) is 28.4. The summed E-state index contributed by atoms with van der Waals surface area (Å²) >= 11 is 0. The Balaban J connectivity index is 1.69. The number of methoxy groups -OCH3 is 3. The van der Waals surface area contributed by atoms with Gasteiger partial charge in [0.15, 0.2) is 5.78 Å². The zero-order valence-corrected chi connectivity index (χ0v) is 46.1. The lowest BCUT2D eigenvalue weighted by Crippen LogP contribution is -2.61. The van der Waals surface area contributed by atoms with Gasteiger partial charge in [-0.3, -0.25) is 23.7 Å². The van der Waals surface area contributed by atoms with Gasteiger partial charge >= 0.3 is 13.6 Å². The third kappa shape index (κ3) is 16.9. The van der Waals surface area contributed by atoms with E-state index in [1.807, 2.05) is 65.0 Å². The molecule has 3 heterocycles. The summed E-state index contributed by atoms with van der Waals surface area (Å²) in [7, 11) is 1.20. The number of aliphatic hydroxyl groups excluding tert-OH is 1. The van der Waals surface area contributed by atoms with Crippen LogP contribution in [0, 0.1) is 35.5 Å². The largest absolute Gasteiger partial charge is 0.460 e. The smallest absolute Gasteiger partial charge is 0.329 e. The molecule has 16 atom stereocenters. The van der Waals surface area contributed by atoms with E-state index >= 15 is 0 Å². The van der Waals surface area contributed by atoms with Gasteiger partial charge in [0.05, 0.1) is 31.0 Å². The molecule has 16 nitrogen and oxygen atoms in total. The number of hydrogen-bond donors (Lipinski definition) is 2. The van der Waals surface area contributed by atoms with Crippen LogP contribution in [-0.4, -0.2) is 140 Å². The first-order chi connectivity index (χ1) is 34.0. The number of esters is 1. The molecule has 1 aliphatic carbocycles. The van der Waals surface area contributed by atoms with Crippen LogP contribution in [0.15, 0.2) is 47.6 Å². The average Bonchev–Trinajstić information content (AvgIpc) is 3.35. The number of aliphatic hydroxyl groups is 2. The van der Waals surface area contributed by atoms with E-state index < -0.39 is 103 Å². The van der Waals surface area contributed by atoms with Gasteiger partial charge in [-0.05, 0) is 113 Å². The number of hydrogen-bond acceptors (Lipinski definition) is 15. The zero-order chi connectivity index (χ0) is 53.5. The summed E-state index contributed by atoms with van der Waals surface area (Å²) in [6.45, 7) is 16.4. The van der Waals surface area contributed by atoms with E-state index in [9.17, 15) is 38.8 Å². The average molecular weight is 1030 g/mol. The number of Topliss-reactive ketones (excluding diaryl/α,β-unsaturated/α-hetero) is 3. The van der Waals surface area contributed by atoms with Gasteiger partial charge in [0, 0.05) is 65.1 Å². The molecule has 1 amide bonds. The van der Waals surface area contributed by atoms with E-state index in [4.69, 9.17) is 32.7 Å². The van der Waals surface area contributed by atoms with Gasteiger partial charge in [-0.15, -0.1) is 0 Å². The molecule has 17 heteroatoms. The fourth-order valence-electron chi connectivity index (χ4n) is 10.8. The Hall–Kier alpha value is -3.18. The normalized spacial score (nSPS) is 38.6. The van der Waals surface area contributed by atoms with Crippen molar-refractivity contribution in [3.63, 3.8) is 0 Å². The molecule has 2 bridgehead atoms. The van der Waals surface area contributed by atoms with Crippen molar-refractivity contribution in [3.8, 4) is 0 Å². The van der Waals surface area contributed by atoms with Crippen molar-refractivity contribution in [2.45, 2.75) is 193 Å². The van der Waals surface area contributed by atoms with E-state index in [1.165, 1.54) is 18.7 Å². The standard InChI is InChI=1S/C55H88NO15P/c1-13-27-68-72(12,64)71-45-25-23-41(31-48(45)66-10)30-37(5)47-33-44(57)36(4)29-39(7)50(59)51(67-11)49(58)38(6)28-34(2)19-15-14-16-20-35(3)46(65-9)32-42-24-22-40(8)55(63,70-42)52(60)53(61)56-26-18-17-21-43(56)54(62)69-47/h14-16,19-20,29,34,36-38,40-43,45-48,50-51,59,63H,13,17-18,21-28,30-33H2,1-12H3/b16-14+,19-15+,35-20+,39-29+/t34-,36-,37-,38-,40-,41+,42?,43?,45-,46+,47+,48-,50-,51+,55-,72?/m1/s1. The number of carbonyl (C=O) groups is 5. The molecule has 72 heavy (non-hydrogen) atoms. The van der Waals surface area contributed by atoms with Crippen molar-refractivity contribution in [2.24, 2.45) is 35.5 Å². The van der Waals surface area contributed by atoms with Crippen LogP contribution in [-0.2, 0) is 61.3 Å². The number of amides is 1. The molecule has 3 fully saturated rings. The molecule has 0 aromatic carbocycles. The van der Waals surface area contributed by atoms with E-state index in [-0.39, 0.29) is 42.8 Å². The maximum atomic E-state index is 14.5. The second kappa shape index (κ2) is 28.6. The highest BCUT2D eigenvalue weighted by Crippen LogP contribution is 2.49. The lowest BCUT2D eigenvalue weighted by atomic mass is 9.78. The predicted octanol–water partition coefficient (Wildman–Crippen LogP) is 8.45. The molecule has 0 aromatic heterocycles. The van der Waals surface area contributed by atoms with Gasteiger partial charge in [0.1, 0.15) is 30.1 Å². The van der Waals surface area contributed by atoms with E-state index in [0.717, 1.165) is 5.57 Å². The van der Waals surface area contributed by atoms with E-state index in [1.54, 1.807) is 41.1 Å². The predicted molar refractivity (Wildman–Crippen MR) is 274 cm³/mol. The van der Waals surface area contributed by atoms with E-state index in [2.05, 4.69) is 0 Å². The lowest BCUT2D eigenvalue weighted by molar-refractivity contribution is -0.265. The van der Waals surface area contributed by atoms with Crippen molar-refractivity contribution < 1.29 is 71.5 Å². The molecular weight excluding hydrogens is 946 g/mol. The van der Waals surface area contributed by atoms with Crippen molar-refractivity contribution >= 4 is 36.8 Å². The van der Waals surface area contributed by atoms with Crippen LogP contribution in [0.5, 0.6) is 0 Å². The number of cyclic esters (lactones) is 1. The number of ketones is 3. The van der Waals surface area contributed by atoms with Crippen LogP contribution in [0.1, 0.15) is 139 Å². The second-order valence-electron chi connectivity index (χ2n) is 21.3. The van der Waals surface area contributed by atoms with Crippen LogP contribution in [0.25, 0.3) is 0 Å². The summed E-state index contributed by atoms with van der Waals surface area (Å²) in [6.07, 6.45) is 11.5. The molecular formula is C55H88NO15P. The maximum Gasteiger partial charge on any atom is 0.329 e. The zero-order valence-electron chi connectivity index (χ0n) is 45.2. The van der Waals surface area contributed by atoms with Gasteiger partial charge in [-0.25, -0.2) is 4.79 Å². The first kappa shape index (κ1) is 61.4. The Morgan fingerprint density at radius 1 is 0.875 bits per heavy atom. The minimum absolute atomic E-state index is 0.00646. The summed E-state index contributed by atoms with van der Waals surface area (Å²) in [5.74, 6) is -8.26. The molecule has 0 radical (unpaired) electrons. The summed E-state index contributed by atoms with van der Waals surface area (Å²) < 4.78 is 54.4. The lowest BCUT2D eigenvalue weighted by Gasteiger charge is -2.42. The molecule has 0 aromatic rings. The minimum Gasteiger partial charge on any atom is -0.460 e. The van der Waals surface area contributed by atoms with Gasteiger partial charge in [0.25, 0.3) is 11.7 Å². The van der Waals surface area contributed by atoms with Crippen molar-refractivity contribution in [3.05, 3.63) is 47.6 Å². The van der Waals surface area contributed by atoms with E-state index in [0.29, 0.717) is 82.8 Å². The minimum atomic E-state index is -3.33. The molecule has 2 saturated heterocycles. The summed E-state index contributed by atoms with van der Waals surface area (Å²) in [5, 5.41) is 23.5. The SMILES string of the molecule is CCCOP(C)(=O)O[C@@H]1CC[C@@H](C[C@@H](C)[C@@H]2CC(=O)[C@H](C)/C=C(\C)[C@@H](O)[C@@H](OC)C(=O)[C@H](C)C[C@H](C)/C=C/C=C/C=C(\C)[C@@H](OC)CC3CC[C@@H](C)[C@@](O)(O3)C(=O)C(=O)N3CCCCC3C(=O)O2)C[C@H]1OC. The Labute approximate surface area is 429 Å². The van der Waals surface area contributed by atoms with Gasteiger partial charge in [0.2, 0.25) is 5.79 Å². The molecule has 4 aliphatic rings. The van der Waals surface area contributed by atoms with Crippen LogP contribution >= 0.6 is 7.60 Å². The molecule has 3 aliphatic heterocycles. The summed E-state index contributed by atoms with van der Waals surface area (Å²) in [5.41, 5.74) is 1.25. The Bertz CT molecular complexity index is 2000. The highest BCUT2D eigenvalue weighted by Gasteiger charge is 2.53. The number of carbonyl (C=O) groups excluding carboxylic acids is 5. The topological polar surface area (TPSA) is 211 Å². The molecule has 1 saturated carbocycles. The van der Waals surface area contributed by atoms with Gasteiger partial charge in [-0.2, -0.15) is 0 Å². The van der Waals surface area contributed by atoms with Crippen LogP contribution in [0.2, 0.25) is 0 Å². The Morgan fingerprint density at radius 2 is 1.60 bits per heavy atom. The monoisotopic (exact) mass is 1030 g/mol. The molecule has 4 rings (SSSR count). The van der Waals surface area contributed by atoms with Crippen molar-refractivity contribution in [1.29, 1.82) is 0 Å². The van der Waals surface area contributed by atoms with Gasteiger partial charge in [-0.1, -0.05) is 78.0 Å². The molecule has 3 unspecified atom stereocenters. The molecule has 0 spiro atoms. The van der Waals surface area contributed by atoms with Crippen LogP contribution in [0.3, 0.4) is 0 Å². The van der Waals surface area contributed by atoms with Crippen LogP contribution < -0.4 is 0 Å². The third-order valence-electron chi connectivity index (χ3n) is 15.3. The van der Waals surface area contributed by atoms with Crippen molar-refractivity contribution in [1.82, 2.24) is 4.90 Å². The molecule has 2 N–H and O–H groups in total. The van der Waals surface area contributed by atoms with Crippen molar-refractivity contribution in [2.75, 3.05) is 41.1 Å². The number of piperidine rings is 1. The van der Waals surface area contributed by atoms with Gasteiger partial charge < -0.3 is 47.8 Å². The maximum absolute atomic E-state index is 14.5. The molecule has 408 valence electrons. The fourth-order valence-corrected chi connectivity index (χ4v) is 12.1. The van der Waals surface area contributed by atoms with Crippen LogP contribution in [0.4, 0.5) is 0 Å². The fraction of sp³-hybridized carbons (Fsp3) is 0.764. The number of allylic oxidation sites excluding steroid dienone is 6. The number of ether oxygens (including phenoxy) is 5. The third-order valence-corrected chi connectivity index (χ3v) is 16.6. The quantitative estimate of drug-likeness (QED) is 0.0861. The first-order valence-electron chi connectivity index (χ1n) is 26.4. The highest BCUT2D eigenvalue weighted by atomic mass is 31.2. The number of nitrogens with zero attached hydrogens (tertiary/aromatic N) is 1. The summed E-state index contributed by atoms with van der Waals surface area (Å²) in [6, 6.07) is -1.17. The highest BCUT2D eigenvalue weighted by molar-refractivity contribution is 7.53. The Kier molecular flexibility index (Phi) is 24.4. The summed E-state index contributed by atoms with van der Waals surface area (Å²) in [4.78, 5) is 72.5. The number of rotatable bonds is 11.